The van der Waals surface area contributed by atoms with Gasteiger partial charge in [-0.2, -0.15) is 0 Å². The molecule has 4 heteroatoms. The van der Waals surface area contributed by atoms with Crippen molar-refractivity contribution in [3.05, 3.63) is 77.9 Å². The second kappa shape index (κ2) is 8.50. The average Bonchev–Trinajstić information content (AvgIpc) is 2.67. The van der Waals surface area contributed by atoms with Crippen LogP contribution in [0.15, 0.2) is 66.7 Å². The highest BCUT2D eigenvalue weighted by Gasteiger charge is 2.11. The Bertz CT molecular complexity index is 877. The van der Waals surface area contributed by atoms with Gasteiger partial charge in [-0.1, -0.05) is 54.6 Å². The van der Waals surface area contributed by atoms with Gasteiger partial charge in [-0.25, -0.2) is 0 Å². The summed E-state index contributed by atoms with van der Waals surface area (Å²) in [5, 5.41) is 15.0. The first-order valence-corrected chi connectivity index (χ1v) is 8.70. The second-order valence-corrected chi connectivity index (χ2v) is 6.33. The number of carbonyl (C=O) groups is 1. The van der Waals surface area contributed by atoms with E-state index < -0.39 is 6.10 Å². The molecule has 4 nitrogen and oxygen atoms in total. The highest BCUT2D eigenvalue weighted by atomic mass is 16.5. The largest absolute Gasteiger partial charge is 0.497 e. The van der Waals surface area contributed by atoms with Crippen molar-refractivity contribution in [3.63, 3.8) is 0 Å². The van der Waals surface area contributed by atoms with Gasteiger partial charge in [0.15, 0.2) is 0 Å². The van der Waals surface area contributed by atoms with Crippen molar-refractivity contribution in [3.8, 4) is 5.75 Å². The summed E-state index contributed by atoms with van der Waals surface area (Å²) in [5.41, 5.74) is 1.99. The number of hydrogen-bond acceptors (Lipinski definition) is 3. The van der Waals surface area contributed by atoms with Crippen LogP contribution in [0.1, 0.15) is 11.1 Å². The Balaban J connectivity index is 1.60. The fourth-order valence-electron chi connectivity index (χ4n) is 3.02. The van der Waals surface area contributed by atoms with E-state index in [1.165, 1.54) is 0 Å². The summed E-state index contributed by atoms with van der Waals surface area (Å²) in [6.07, 6.45) is 0.184. The molecule has 0 saturated heterocycles. The lowest BCUT2D eigenvalue weighted by atomic mass is 10.0. The van der Waals surface area contributed by atoms with Gasteiger partial charge in [-0.3, -0.25) is 4.79 Å². The van der Waals surface area contributed by atoms with Gasteiger partial charge in [0.05, 0.1) is 19.6 Å². The number of nitrogens with one attached hydrogen (secondary N) is 1. The van der Waals surface area contributed by atoms with E-state index in [2.05, 4.69) is 5.32 Å². The van der Waals surface area contributed by atoms with Crippen LogP contribution in [0, 0.1) is 0 Å². The van der Waals surface area contributed by atoms with Crippen LogP contribution in [0.4, 0.5) is 0 Å². The number of hydrogen-bond donors (Lipinski definition) is 2. The predicted molar refractivity (Wildman–Crippen MR) is 103 cm³/mol. The Morgan fingerprint density at radius 3 is 2.65 bits per heavy atom. The van der Waals surface area contributed by atoms with Crippen molar-refractivity contribution in [2.24, 2.45) is 0 Å². The van der Waals surface area contributed by atoms with Crippen LogP contribution >= 0.6 is 0 Å². The molecule has 2 N–H and O–H groups in total. The van der Waals surface area contributed by atoms with Crippen molar-refractivity contribution in [1.29, 1.82) is 0 Å². The number of rotatable bonds is 7. The highest BCUT2D eigenvalue weighted by Crippen LogP contribution is 2.24. The monoisotopic (exact) mass is 349 g/mol. The first-order valence-electron chi connectivity index (χ1n) is 8.70. The topological polar surface area (TPSA) is 58.6 Å². The third kappa shape index (κ3) is 4.61. The molecule has 1 atom stereocenters. The SMILES string of the molecule is COc1ccc2cccc(CC(=O)NC[C@@H](O)Cc3ccccc3)c2c1. The molecule has 26 heavy (non-hydrogen) atoms. The van der Waals surface area contributed by atoms with Crippen LogP contribution in [-0.4, -0.2) is 30.8 Å². The van der Waals surface area contributed by atoms with Crippen molar-refractivity contribution >= 4 is 16.7 Å². The molecule has 3 aromatic rings. The molecule has 0 fully saturated rings. The van der Waals surface area contributed by atoms with Crippen LogP contribution in [0.3, 0.4) is 0 Å². The Kier molecular flexibility index (Phi) is 5.87. The summed E-state index contributed by atoms with van der Waals surface area (Å²) in [6.45, 7) is 0.238. The minimum absolute atomic E-state index is 0.104. The molecule has 0 aromatic heterocycles. The Hall–Kier alpha value is -2.85. The van der Waals surface area contributed by atoms with Gasteiger partial charge in [0.25, 0.3) is 0 Å². The standard InChI is InChI=1S/C22H23NO3/c1-26-20-11-10-17-8-5-9-18(21(17)14-20)13-22(25)23-15-19(24)12-16-6-3-2-4-7-16/h2-11,14,19,24H,12-13,15H2,1H3,(H,23,25)/t19-/m0/s1. The molecule has 1 amide bonds. The zero-order valence-corrected chi connectivity index (χ0v) is 14.8. The van der Waals surface area contributed by atoms with Gasteiger partial charge in [-0.15, -0.1) is 0 Å². The maximum Gasteiger partial charge on any atom is 0.224 e. The molecule has 134 valence electrons. The Morgan fingerprint density at radius 1 is 1.08 bits per heavy atom. The van der Waals surface area contributed by atoms with Crippen LogP contribution in [0.5, 0.6) is 5.75 Å². The molecule has 3 aromatic carbocycles. The lowest BCUT2D eigenvalue weighted by molar-refractivity contribution is -0.120. The first kappa shape index (κ1) is 18.0. The van der Waals surface area contributed by atoms with E-state index >= 15 is 0 Å². The zero-order chi connectivity index (χ0) is 18.4. The Morgan fingerprint density at radius 2 is 1.88 bits per heavy atom. The minimum atomic E-state index is -0.603. The third-order valence-corrected chi connectivity index (χ3v) is 4.38. The number of fused-ring (bicyclic) bond motifs is 1. The molecule has 0 saturated carbocycles. The average molecular weight is 349 g/mol. The summed E-state index contributed by atoms with van der Waals surface area (Å²) in [6, 6.07) is 21.5. The quantitative estimate of drug-likeness (QED) is 0.689. The normalized spacial score (nSPS) is 11.9. The summed E-state index contributed by atoms with van der Waals surface area (Å²) >= 11 is 0. The molecule has 0 aliphatic rings. The molecule has 0 bridgehead atoms. The van der Waals surface area contributed by atoms with Crippen molar-refractivity contribution < 1.29 is 14.6 Å². The van der Waals surface area contributed by atoms with Gasteiger partial charge in [0.1, 0.15) is 5.75 Å². The maximum absolute atomic E-state index is 12.3. The predicted octanol–water partition coefficient (Wildman–Crippen LogP) is 3.11. The van der Waals surface area contributed by atoms with Gasteiger partial charge in [0, 0.05) is 13.0 Å². The fraction of sp³-hybridized carbons (Fsp3) is 0.227. The van der Waals surface area contributed by atoms with Crippen LogP contribution in [-0.2, 0) is 17.6 Å². The van der Waals surface area contributed by atoms with Crippen LogP contribution < -0.4 is 10.1 Å². The lowest BCUT2D eigenvalue weighted by Crippen LogP contribution is -2.34. The smallest absolute Gasteiger partial charge is 0.224 e. The molecule has 0 spiro atoms. The number of aliphatic hydroxyl groups is 1. The molecule has 0 radical (unpaired) electrons. The number of carbonyl (C=O) groups excluding carboxylic acids is 1. The van der Waals surface area contributed by atoms with Crippen molar-refractivity contribution in [2.75, 3.05) is 13.7 Å². The van der Waals surface area contributed by atoms with Crippen molar-refractivity contribution in [2.45, 2.75) is 18.9 Å². The fourth-order valence-corrected chi connectivity index (χ4v) is 3.02. The second-order valence-electron chi connectivity index (χ2n) is 6.33. The molecule has 0 aliphatic heterocycles. The Labute approximate surface area is 153 Å². The number of ether oxygens (including phenoxy) is 1. The van der Waals surface area contributed by atoms with E-state index in [4.69, 9.17) is 4.74 Å². The number of benzene rings is 3. The van der Waals surface area contributed by atoms with Gasteiger partial charge < -0.3 is 15.2 Å². The van der Waals surface area contributed by atoms with E-state index in [-0.39, 0.29) is 18.9 Å². The number of amides is 1. The molecular formula is C22H23NO3. The molecular weight excluding hydrogens is 326 g/mol. The number of methoxy groups -OCH3 is 1. The van der Waals surface area contributed by atoms with E-state index in [9.17, 15) is 9.90 Å². The highest BCUT2D eigenvalue weighted by molar-refractivity contribution is 5.91. The van der Waals surface area contributed by atoms with Crippen LogP contribution in [0.2, 0.25) is 0 Å². The van der Waals surface area contributed by atoms with E-state index in [0.717, 1.165) is 27.6 Å². The van der Waals surface area contributed by atoms with Gasteiger partial charge in [-0.05, 0) is 34.0 Å². The van der Waals surface area contributed by atoms with Gasteiger partial charge >= 0.3 is 0 Å². The molecule has 0 unspecified atom stereocenters. The minimum Gasteiger partial charge on any atom is -0.497 e. The summed E-state index contributed by atoms with van der Waals surface area (Å²) in [5.74, 6) is 0.663. The third-order valence-electron chi connectivity index (χ3n) is 4.38. The van der Waals surface area contributed by atoms with Crippen molar-refractivity contribution in [1.82, 2.24) is 5.32 Å². The maximum atomic E-state index is 12.3. The first-order chi connectivity index (χ1) is 12.7. The lowest BCUT2D eigenvalue weighted by Gasteiger charge is -2.13. The van der Waals surface area contributed by atoms with E-state index in [1.807, 2.05) is 66.7 Å². The number of aliphatic hydroxyl groups excluding tert-OH is 1. The summed E-state index contributed by atoms with van der Waals surface area (Å²) < 4.78 is 5.28. The molecule has 3 rings (SSSR count). The summed E-state index contributed by atoms with van der Waals surface area (Å²) in [7, 11) is 1.63. The van der Waals surface area contributed by atoms with E-state index in [1.54, 1.807) is 7.11 Å². The molecule has 0 heterocycles. The van der Waals surface area contributed by atoms with Crippen LogP contribution in [0.25, 0.3) is 10.8 Å². The summed E-state index contributed by atoms with van der Waals surface area (Å²) in [4.78, 5) is 12.3. The zero-order valence-electron chi connectivity index (χ0n) is 14.8. The molecule has 0 aliphatic carbocycles. The van der Waals surface area contributed by atoms with E-state index in [0.29, 0.717) is 6.42 Å². The van der Waals surface area contributed by atoms with Gasteiger partial charge in [0.2, 0.25) is 5.91 Å².